The zero-order chi connectivity index (χ0) is 21.9. The summed E-state index contributed by atoms with van der Waals surface area (Å²) in [6, 6.07) is 5.16. The number of rotatable bonds is 3. The van der Waals surface area contributed by atoms with Gasteiger partial charge in [-0.3, -0.25) is 19.8 Å². The van der Waals surface area contributed by atoms with Crippen LogP contribution < -0.4 is 31.3 Å². The number of thiazole rings is 1. The predicted octanol–water partition coefficient (Wildman–Crippen LogP) is 3.29. The van der Waals surface area contributed by atoms with Crippen LogP contribution in [0.1, 0.15) is 12.0 Å². The summed E-state index contributed by atoms with van der Waals surface area (Å²) in [5.41, 5.74) is 1.14. The molecule has 0 saturated carbocycles. The van der Waals surface area contributed by atoms with Gasteiger partial charge in [-0.2, -0.15) is 0 Å². The molecule has 31 heavy (non-hydrogen) atoms. The van der Waals surface area contributed by atoms with Crippen LogP contribution in [0, 0.1) is 0 Å². The highest BCUT2D eigenvalue weighted by molar-refractivity contribution is 7.19. The van der Waals surface area contributed by atoms with E-state index in [0.717, 1.165) is 17.7 Å². The summed E-state index contributed by atoms with van der Waals surface area (Å²) in [5.74, 6) is 0. The molecule has 2 aliphatic rings. The van der Waals surface area contributed by atoms with Crippen molar-refractivity contribution in [3.05, 3.63) is 59.8 Å². The molecule has 1 fully saturated rings. The first kappa shape index (κ1) is 20.3. The lowest BCUT2D eigenvalue weighted by atomic mass is 9.81. The molecule has 0 radical (unpaired) electrons. The van der Waals surface area contributed by atoms with Crippen LogP contribution >= 0.6 is 34.5 Å². The molecule has 1 spiro atoms. The van der Waals surface area contributed by atoms with Crippen molar-refractivity contribution in [2.75, 3.05) is 47.1 Å². The fourth-order valence-electron chi connectivity index (χ4n) is 4.62. The first-order chi connectivity index (χ1) is 14.8. The molecule has 2 amide bonds. The molecule has 2 aliphatic heterocycles. The molecule has 3 heterocycles. The van der Waals surface area contributed by atoms with Gasteiger partial charge in [0, 0.05) is 42.8 Å². The topological polar surface area (TPSA) is 94.6 Å². The third-order valence-corrected chi connectivity index (χ3v) is 7.29. The minimum absolute atomic E-state index is 0.310. The van der Waals surface area contributed by atoms with Crippen LogP contribution in [0.15, 0.2) is 34.0 Å². The molecule has 160 valence electrons. The van der Waals surface area contributed by atoms with Gasteiger partial charge in [0.05, 0.1) is 6.20 Å². The number of fused-ring (bicyclic) bond motifs is 2. The summed E-state index contributed by atoms with van der Waals surface area (Å²) in [6.07, 6.45) is 2.20. The minimum Gasteiger partial charge on any atom is -0.383 e. The van der Waals surface area contributed by atoms with E-state index in [2.05, 4.69) is 15.6 Å². The summed E-state index contributed by atoms with van der Waals surface area (Å²) < 4.78 is 0.486. The van der Waals surface area contributed by atoms with Crippen LogP contribution in [-0.4, -0.2) is 37.7 Å². The SMILES string of the molecule is CNc1c(N2CCC3(C2)CN(C(=O)Nc2ncc(Cl)s2)c2ccc(Cl)cc23)c(=O)c1=O. The zero-order valence-electron chi connectivity index (χ0n) is 16.4. The molecule has 11 heteroatoms. The number of hydrogen-bond acceptors (Lipinski definition) is 7. The van der Waals surface area contributed by atoms with Gasteiger partial charge in [-0.1, -0.05) is 34.5 Å². The van der Waals surface area contributed by atoms with Gasteiger partial charge >= 0.3 is 6.03 Å². The van der Waals surface area contributed by atoms with Gasteiger partial charge in [0.25, 0.3) is 10.9 Å². The van der Waals surface area contributed by atoms with Gasteiger partial charge in [-0.15, -0.1) is 0 Å². The average Bonchev–Trinajstić information content (AvgIpc) is 3.44. The van der Waals surface area contributed by atoms with E-state index in [0.29, 0.717) is 45.5 Å². The Balaban J connectivity index is 1.47. The lowest BCUT2D eigenvalue weighted by Crippen LogP contribution is -2.44. The molecular formula is C20H17Cl2N5O3S. The second kappa shape index (κ2) is 7.22. The molecule has 0 aliphatic carbocycles. The van der Waals surface area contributed by atoms with Crippen molar-refractivity contribution >= 4 is 62.8 Å². The highest BCUT2D eigenvalue weighted by atomic mass is 35.5. The Hall–Kier alpha value is -2.62. The molecule has 3 aromatic rings. The average molecular weight is 478 g/mol. The summed E-state index contributed by atoms with van der Waals surface area (Å²) in [4.78, 5) is 44.8. The molecule has 5 rings (SSSR count). The molecule has 0 bridgehead atoms. The third kappa shape index (κ3) is 3.10. The Kier molecular flexibility index (Phi) is 4.72. The Morgan fingerprint density at radius 3 is 2.74 bits per heavy atom. The first-order valence-corrected chi connectivity index (χ1v) is 11.2. The Morgan fingerprint density at radius 1 is 1.23 bits per heavy atom. The molecular weight excluding hydrogens is 461 g/mol. The molecule has 1 aromatic heterocycles. The lowest BCUT2D eigenvalue weighted by Gasteiger charge is -2.27. The highest BCUT2D eigenvalue weighted by Crippen LogP contribution is 2.48. The second-order valence-corrected chi connectivity index (χ2v) is 9.83. The van der Waals surface area contributed by atoms with Crippen LogP contribution in [-0.2, 0) is 5.41 Å². The summed E-state index contributed by atoms with van der Waals surface area (Å²) in [6.45, 7) is 1.53. The third-order valence-electron chi connectivity index (χ3n) is 6.02. The molecule has 2 aromatic carbocycles. The van der Waals surface area contributed by atoms with Gasteiger partial charge < -0.3 is 10.2 Å². The largest absolute Gasteiger partial charge is 0.383 e. The van der Waals surface area contributed by atoms with Crippen LogP contribution in [0.3, 0.4) is 0 Å². The fraction of sp³-hybridized carbons (Fsp3) is 0.300. The van der Waals surface area contributed by atoms with E-state index >= 15 is 0 Å². The van der Waals surface area contributed by atoms with Crippen molar-refractivity contribution in [2.24, 2.45) is 0 Å². The van der Waals surface area contributed by atoms with Crippen molar-refractivity contribution < 1.29 is 4.79 Å². The van der Waals surface area contributed by atoms with Crippen LogP contribution in [0.25, 0.3) is 0 Å². The van der Waals surface area contributed by atoms with Gasteiger partial charge in [-0.25, -0.2) is 9.78 Å². The van der Waals surface area contributed by atoms with Crippen molar-refractivity contribution in [3.8, 4) is 0 Å². The number of halogens is 2. The maximum absolute atomic E-state index is 13.1. The number of urea groups is 1. The first-order valence-electron chi connectivity index (χ1n) is 9.59. The van der Waals surface area contributed by atoms with Crippen molar-refractivity contribution in [1.82, 2.24) is 4.98 Å². The number of nitrogens with zero attached hydrogens (tertiary/aromatic N) is 3. The number of carbonyl (C=O) groups is 1. The van der Waals surface area contributed by atoms with Crippen LogP contribution in [0.2, 0.25) is 9.36 Å². The quantitative estimate of drug-likeness (QED) is 0.562. The molecule has 1 unspecified atom stereocenters. The van der Waals surface area contributed by atoms with E-state index in [1.807, 2.05) is 17.0 Å². The number of anilines is 4. The molecule has 8 nitrogen and oxygen atoms in total. The van der Waals surface area contributed by atoms with Crippen LogP contribution in [0.5, 0.6) is 0 Å². The maximum atomic E-state index is 13.1. The van der Waals surface area contributed by atoms with Gasteiger partial charge in [-0.05, 0) is 30.2 Å². The number of hydrogen-bond donors (Lipinski definition) is 2. The predicted molar refractivity (Wildman–Crippen MR) is 124 cm³/mol. The Bertz CT molecular complexity index is 1280. The normalized spacial score (nSPS) is 20.0. The fourth-order valence-corrected chi connectivity index (χ4v) is 5.59. The van der Waals surface area contributed by atoms with E-state index in [1.165, 1.54) is 17.5 Å². The molecule has 2 N–H and O–H groups in total. The van der Waals surface area contributed by atoms with Crippen molar-refractivity contribution in [1.29, 1.82) is 0 Å². The van der Waals surface area contributed by atoms with Crippen molar-refractivity contribution in [3.63, 3.8) is 0 Å². The number of benzene rings is 1. The Morgan fingerprint density at radius 2 is 2.03 bits per heavy atom. The van der Waals surface area contributed by atoms with Gasteiger partial charge in [0.2, 0.25) is 0 Å². The highest BCUT2D eigenvalue weighted by Gasteiger charge is 2.50. The van der Waals surface area contributed by atoms with E-state index in [-0.39, 0.29) is 6.03 Å². The Labute approximate surface area is 191 Å². The smallest absolute Gasteiger partial charge is 0.328 e. The monoisotopic (exact) mass is 477 g/mol. The maximum Gasteiger partial charge on any atom is 0.328 e. The molecule has 1 atom stereocenters. The number of carbonyl (C=O) groups excluding carboxylic acids is 1. The number of nitrogens with one attached hydrogen (secondary N) is 2. The zero-order valence-corrected chi connectivity index (χ0v) is 18.7. The second-order valence-electron chi connectivity index (χ2n) is 7.73. The summed E-state index contributed by atoms with van der Waals surface area (Å²) in [7, 11) is 1.63. The van der Waals surface area contributed by atoms with Crippen molar-refractivity contribution in [2.45, 2.75) is 11.8 Å². The minimum atomic E-state index is -0.489. The van der Waals surface area contributed by atoms with E-state index < -0.39 is 16.3 Å². The van der Waals surface area contributed by atoms with Crippen LogP contribution in [0.4, 0.5) is 27.0 Å². The number of aromatic nitrogens is 1. The number of amides is 2. The van der Waals surface area contributed by atoms with E-state index in [9.17, 15) is 14.4 Å². The van der Waals surface area contributed by atoms with Gasteiger partial charge in [0.15, 0.2) is 5.13 Å². The standard InChI is InChI=1S/C20H17Cl2N5O3S/c1-23-14-15(17(29)16(14)28)26-5-4-20(8-26)9-27(12-3-2-10(21)6-11(12)20)19(30)25-18-24-7-13(22)31-18/h2-3,6-7,23H,4-5,8-9H2,1H3,(H,24,25,30). The summed E-state index contributed by atoms with van der Waals surface area (Å²) >= 11 is 13.4. The van der Waals surface area contributed by atoms with Gasteiger partial charge in [0.1, 0.15) is 15.7 Å². The lowest BCUT2D eigenvalue weighted by molar-refractivity contribution is 0.256. The van der Waals surface area contributed by atoms with E-state index in [4.69, 9.17) is 23.2 Å². The molecule has 1 saturated heterocycles. The summed E-state index contributed by atoms with van der Waals surface area (Å²) in [5, 5.41) is 6.62. The van der Waals surface area contributed by atoms with E-state index in [1.54, 1.807) is 18.0 Å².